The van der Waals surface area contributed by atoms with Gasteiger partial charge in [0.05, 0.1) is 18.6 Å². The molecule has 0 unspecified atom stereocenters. The van der Waals surface area contributed by atoms with E-state index in [1.807, 2.05) is 27.7 Å². The van der Waals surface area contributed by atoms with Crippen LogP contribution in [0.25, 0.3) is 0 Å². The van der Waals surface area contributed by atoms with Crippen molar-refractivity contribution < 1.29 is 14.3 Å². The van der Waals surface area contributed by atoms with E-state index >= 15 is 0 Å². The maximum Gasteiger partial charge on any atom is 0.410 e. The molecule has 0 aliphatic heterocycles. The average Bonchev–Trinajstić information content (AvgIpc) is 2.81. The third kappa shape index (κ3) is 6.91. The molecule has 7 heteroatoms. The molecule has 0 aliphatic rings. The Bertz CT molecular complexity index is 454. The van der Waals surface area contributed by atoms with Crippen LogP contribution in [0.3, 0.4) is 0 Å². The van der Waals surface area contributed by atoms with E-state index in [1.165, 1.54) is 0 Å². The highest BCUT2D eigenvalue weighted by Crippen LogP contribution is 2.09. The molecule has 0 aromatic carbocycles. The normalized spacial score (nSPS) is 11.5. The Balaban J connectivity index is 2.40. The second-order valence-electron chi connectivity index (χ2n) is 6.11. The first-order chi connectivity index (χ1) is 10.3. The summed E-state index contributed by atoms with van der Waals surface area (Å²) in [6, 6.07) is 0. The zero-order chi connectivity index (χ0) is 16.6. The van der Waals surface area contributed by atoms with Gasteiger partial charge in [0.1, 0.15) is 5.60 Å². The molecule has 0 spiro atoms. The summed E-state index contributed by atoms with van der Waals surface area (Å²) in [4.78, 5) is 21.1. The van der Waals surface area contributed by atoms with Crippen molar-refractivity contribution in [3.63, 3.8) is 0 Å². The SMILES string of the molecule is COCCN(CCNCc1nc[nH]c1C)C(=O)OC(C)(C)C. The summed E-state index contributed by atoms with van der Waals surface area (Å²) in [5.41, 5.74) is 1.54. The molecule has 0 atom stereocenters. The molecule has 7 nitrogen and oxygen atoms in total. The molecule has 2 N–H and O–H groups in total. The lowest BCUT2D eigenvalue weighted by molar-refractivity contribution is 0.0204. The van der Waals surface area contributed by atoms with Crippen LogP contribution in [0.4, 0.5) is 4.79 Å². The van der Waals surface area contributed by atoms with Crippen molar-refractivity contribution in [1.29, 1.82) is 0 Å². The zero-order valence-electron chi connectivity index (χ0n) is 14.2. The van der Waals surface area contributed by atoms with Gasteiger partial charge in [0.2, 0.25) is 0 Å². The van der Waals surface area contributed by atoms with Gasteiger partial charge >= 0.3 is 6.09 Å². The minimum Gasteiger partial charge on any atom is -0.444 e. The molecule has 1 heterocycles. The van der Waals surface area contributed by atoms with Crippen LogP contribution in [-0.4, -0.2) is 59.9 Å². The summed E-state index contributed by atoms with van der Waals surface area (Å²) in [7, 11) is 1.62. The number of hydrogen-bond acceptors (Lipinski definition) is 5. The van der Waals surface area contributed by atoms with Crippen molar-refractivity contribution in [2.24, 2.45) is 0 Å². The van der Waals surface area contributed by atoms with E-state index in [0.717, 1.165) is 11.4 Å². The van der Waals surface area contributed by atoms with Gasteiger partial charge in [-0.1, -0.05) is 0 Å². The van der Waals surface area contributed by atoms with Crippen LogP contribution in [-0.2, 0) is 16.0 Å². The third-order valence-corrected chi connectivity index (χ3v) is 3.00. The van der Waals surface area contributed by atoms with Crippen LogP contribution in [0.15, 0.2) is 6.33 Å². The molecule has 0 radical (unpaired) electrons. The summed E-state index contributed by atoms with van der Waals surface area (Å²) in [6.07, 6.45) is 1.36. The van der Waals surface area contributed by atoms with E-state index in [-0.39, 0.29) is 6.09 Å². The monoisotopic (exact) mass is 312 g/mol. The number of nitrogens with zero attached hydrogens (tertiary/aromatic N) is 2. The topological polar surface area (TPSA) is 79.5 Å². The number of methoxy groups -OCH3 is 1. The molecule has 1 rings (SSSR count). The Hall–Kier alpha value is -1.60. The van der Waals surface area contributed by atoms with Crippen LogP contribution in [0.5, 0.6) is 0 Å². The van der Waals surface area contributed by atoms with E-state index in [9.17, 15) is 4.79 Å². The van der Waals surface area contributed by atoms with Crippen molar-refractivity contribution in [1.82, 2.24) is 20.2 Å². The molecule has 1 amide bonds. The van der Waals surface area contributed by atoms with Crippen LogP contribution in [0.1, 0.15) is 32.2 Å². The fraction of sp³-hybridized carbons (Fsp3) is 0.733. The molecule has 0 saturated carbocycles. The number of ether oxygens (including phenoxy) is 2. The molecule has 0 saturated heterocycles. The van der Waals surface area contributed by atoms with Gasteiger partial charge in [-0.3, -0.25) is 0 Å². The number of imidazole rings is 1. The highest BCUT2D eigenvalue weighted by molar-refractivity contribution is 5.68. The first-order valence-corrected chi connectivity index (χ1v) is 7.50. The maximum absolute atomic E-state index is 12.1. The van der Waals surface area contributed by atoms with Crippen molar-refractivity contribution >= 4 is 6.09 Å². The van der Waals surface area contributed by atoms with Crippen LogP contribution >= 0.6 is 0 Å². The lowest BCUT2D eigenvalue weighted by Crippen LogP contribution is -2.42. The van der Waals surface area contributed by atoms with E-state index in [4.69, 9.17) is 9.47 Å². The van der Waals surface area contributed by atoms with Crippen molar-refractivity contribution in [3.05, 3.63) is 17.7 Å². The van der Waals surface area contributed by atoms with Crippen LogP contribution < -0.4 is 5.32 Å². The van der Waals surface area contributed by atoms with Crippen molar-refractivity contribution in [2.45, 2.75) is 39.8 Å². The van der Waals surface area contributed by atoms with Gasteiger partial charge in [0.15, 0.2) is 0 Å². The molecule has 126 valence electrons. The molecule has 0 fully saturated rings. The van der Waals surface area contributed by atoms with Gasteiger partial charge in [-0.25, -0.2) is 9.78 Å². The lowest BCUT2D eigenvalue weighted by atomic mass is 10.2. The van der Waals surface area contributed by atoms with Crippen molar-refractivity contribution in [3.8, 4) is 0 Å². The third-order valence-electron chi connectivity index (χ3n) is 3.00. The minimum atomic E-state index is -0.498. The average molecular weight is 312 g/mol. The molecule has 22 heavy (non-hydrogen) atoms. The summed E-state index contributed by atoms with van der Waals surface area (Å²) in [5, 5.41) is 3.28. The smallest absolute Gasteiger partial charge is 0.410 e. The molecule has 1 aromatic heterocycles. The highest BCUT2D eigenvalue weighted by atomic mass is 16.6. The number of hydrogen-bond donors (Lipinski definition) is 2. The number of carbonyl (C=O) groups is 1. The molecule has 1 aromatic rings. The largest absolute Gasteiger partial charge is 0.444 e. The van der Waals surface area contributed by atoms with E-state index in [1.54, 1.807) is 18.3 Å². The highest BCUT2D eigenvalue weighted by Gasteiger charge is 2.21. The fourth-order valence-electron chi connectivity index (χ4n) is 1.81. The number of nitrogens with one attached hydrogen (secondary N) is 2. The predicted molar refractivity (Wildman–Crippen MR) is 84.7 cm³/mol. The van der Waals surface area contributed by atoms with E-state index in [0.29, 0.717) is 32.8 Å². The Labute approximate surface area is 132 Å². The van der Waals surface area contributed by atoms with Crippen molar-refractivity contribution in [2.75, 3.05) is 33.4 Å². The standard InChI is InChI=1S/C15H28N4O3/c1-12-13(18-11-17-12)10-16-6-7-19(8-9-21-5)14(20)22-15(2,3)4/h11,16H,6-10H2,1-5H3,(H,17,18). The Morgan fingerprint density at radius 1 is 1.41 bits per heavy atom. The zero-order valence-corrected chi connectivity index (χ0v) is 14.2. The minimum absolute atomic E-state index is 0.317. The van der Waals surface area contributed by atoms with E-state index < -0.39 is 5.60 Å². The summed E-state index contributed by atoms with van der Waals surface area (Å²) < 4.78 is 10.5. The van der Waals surface area contributed by atoms with Gasteiger partial charge in [-0.2, -0.15) is 0 Å². The second kappa shape index (κ2) is 8.75. The summed E-state index contributed by atoms with van der Waals surface area (Å²) in [6.45, 7) is 10.4. The number of carbonyl (C=O) groups excluding carboxylic acids is 1. The molecular formula is C15H28N4O3. The quantitative estimate of drug-likeness (QED) is 0.714. The summed E-state index contributed by atoms with van der Waals surface area (Å²) in [5.74, 6) is 0. The Morgan fingerprint density at radius 3 is 2.68 bits per heavy atom. The van der Waals surface area contributed by atoms with Crippen LogP contribution in [0.2, 0.25) is 0 Å². The molecule has 0 bridgehead atoms. The first-order valence-electron chi connectivity index (χ1n) is 7.50. The van der Waals surface area contributed by atoms with Gasteiger partial charge in [0.25, 0.3) is 0 Å². The van der Waals surface area contributed by atoms with E-state index in [2.05, 4.69) is 15.3 Å². The van der Waals surface area contributed by atoms with Gasteiger partial charge < -0.3 is 24.7 Å². The number of H-pyrrole nitrogens is 1. The predicted octanol–water partition coefficient (Wildman–Crippen LogP) is 1.69. The maximum atomic E-state index is 12.1. The Kier molecular flexibility index (Phi) is 7.34. The molecule has 0 aliphatic carbocycles. The molecular weight excluding hydrogens is 284 g/mol. The lowest BCUT2D eigenvalue weighted by Gasteiger charge is -2.27. The second-order valence-corrected chi connectivity index (χ2v) is 6.11. The number of aromatic nitrogens is 2. The van der Waals surface area contributed by atoms with Gasteiger partial charge in [-0.15, -0.1) is 0 Å². The summed E-state index contributed by atoms with van der Waals surface area (Å²) >= 11 is 0. The Morgan fingerprint density at radius 2 is 2.14 bits per heavy atom. The number of amides is 1. The first kappa shape index (κ1) is 18.4. The number of aromatic amines is 1. The van der Waals surface area contributed by atoms with Gasteiger partial charge in [0, 0.05) is 39.0 Å². The fourth-order valence-corrected chi connectivity index (χ4v) is 1.81. The van der Waals surface area contributed by atoms with Gasteiger partial charge in [-0.05, 0) is 27.7 Å². The number of rotatable bonds is 8. The van der Waals surface area contributed by atoms with Crippen LogP contribution in [0, 0.1) is 6.92 Å². The number of aryl methyl sites for hydroxylation is 1.